The highest BCUT2D eigenvalue weighted by Crippen LogP contribution is 2.23. The highest BCUT2D eigenvalue weighted by Gasteiger charge is 2.20. The summed E-state index contributed by atoms with van der Waals surface area (Å²) in [5.74, 6) is -0.522. The van der Waals surface area contributed by atoms with Gasteiger partial charge in [-0.1, -0.05) is 5.16 Å². The number of aliphatic hydroxyl groups is 1. The normalized spacial score (nSPS) is 17.5. The summed E-state index contributed by atoms with van der Waals surface area (Å²) in [5, 5.41) is 20.7. The van der Waals surface area contributed by atoms with Gasteiger partial charge >= 0.3 is 0 Å². The van der Waals surface area contributed by atoms with Crippen molar-refractivity contribution in [2.75, 3.05) is 44.2 Å². The Labute approximate surface area is 116 Å². The van der Waals surface area contributed by atoms with E-state index >= 15 is 0 Å². The van der Waals surface area contributed by atoms with Crippen LogP contribution in [-0.4, -0.2) is 60.4 Å². The summed E-state index contributed by atoms with van der Waals surface area (Å²) < 4.78 is 13.3. The molecule has 0 atom stereocenters. The molecule has 6 nitrogen and oxygen atoms in total. The molecule has 1 aliphatic rings. The minimum absolute atomic E-state index is 0.0997. The standard InChI is InChI=1S/C13H19FN4O2/c14-10-1-2-12(11(9-10)13(15)16-20)18-5-3-17(4-6-18)7-8-19/h1-2,9,19-20H,3-8H2,(H2,15,16). The molecule has 1 aromatic carbocycles. The van der Waals surface area contributed by atoms with Crippen molar-refractivity contribution in [3.8, 4) is 0 Å². The molecule has 0 saturated carbocycles. The van der Waals surface area contributed by atoms with Gasteiger partial charge in [-0.15, -0.1) is 0 Å². The number of rotatable bonds is 4. The molecule has 1 fully saturated rings. The molecule has 2 rings (SSSR count). The molecule has 4 N–H and O–H groups in total. The Balaban J connectivity index is 2.17. The molecule has 0 bridgehead atoms. The molecule has 0 amide bonds. The van der Waals surface area contributed by atoms with Gasteiger partial charge in [0.2, 0.25) is 0 Å². The number of hydrogen-bond acceptors (Lipinski definition) is 5. The van der Waals surface area contributed by atoms with Gasteiger partial charge in [-0.3, -0.25) is 4.90 Å². The average molecular weight is 282 g/mol. The van der Waals surface area contributed by atoms with Gasteiger partial charge in [0.05, 0.1) is 6.61 Å². The third-order valence-electron chi connectivity index (χ3n) is 3.47. The minimum Gasteiger partial charge on any atom is -0.409 e. The fourth-order valence-electron chi connectivity index (χ4n) is 2.40. The summed E-state index contributed by atoms with van der Waals surface area (Å²) in [6.45, 7) is 3.92. The van der Waals surface area contributed by atoms with Crippen LogP contribution in [0.2, 0.25) is 0 Å². The van der Waals surface area contributed by atoms with Crippen LogP contribution in [-0.2, 0) is 0 Å². The average Bonchev–Trinajstić information content (AvgIpc) is 2.47. The molecule has 0 aliphatic carbocycles. The van der Waals surface area contributed by atoms with Gasteiger partial charge in [-0.05, 0) is 18.2 Å². The van der Waals surface area contributed by atoms with Crippen molar-refractivity contribution in [3.05, 3.63) is 29.6 Å². The molecule has 1 aliphatic heterocycles. The lowest BCUT2D eigenvalue weighted by Crippen LogP contribution is -2.47. The first-order valence-electron chi connectivity index (χ1n) is 6.51. The number of piperazine rings is 1. The van der Waals surface area contributed by atoms with Crippen LogP contribution in [0, 0.1) is 5.82 Å². The Morgan fingerprint density at radius 2 is 2.00 bits per heavy atom. The number of nitrogens with zero attached hydrogens (tertiary/aromatic N) is 3. The second kappa shape index (κ2) is 6.53. The number of β-amino-alcohol motifs (C(OH)–C–C–N with tert-alkyl or cyclic N) is 1. The largest absolute Gasteiger partial charge is 0.409 e. The molecule has 1 saturated heterocycles. The van der Waals surface area contributed by atoms with E-state index in [4.69, 9.17) is 16.0 Å². The molecule has 0 spiro atoms. The molecule has 20 heavy (non-hydrogen) atoms. The predicted molar refractivity (Wildman–Crippen MR) is 74.6 cm³/mol. The first-order chi connectivity index (χ1) is 9.65. The van der Waals surface area contributed by atoms with Crippen LogP contribution >= 0.6 is 0 Å². The number of amidine groups is 1. The van der Waals surface area contributed by atoms with Crippen LogP contribution in [0.1, 0.15) is 5.56 Å². The van der Waals surface area contributed by atoms with Crippen molar-refractivity contribution < 1.29 is 14.7 Å². The maximum atomic E-state index is 13.3. The zero-order valence-electron chi connectivity index (χ0n) is 11.2. The summed E-state index contributed by atoms with van der Waals surface area (Å²) in [6, 6.07) is 4.28. The van der Waals surface area contributed by atoms with Crippen molar-refractivity contribution in [3.63, 3.8) is 0 Å². The van der Waals surface area contributed by atoms with Gasteiger partial charge in [0, 0.05) is 44.0 Å². The van der Waals surface area contributed by atoms with Gasteiger partial charge in [0.25, 0.3) is 0 Å². The van der Waals surface area contributed by atoms with Crippen LogP contribution in [0.4, 0.5) is 10.1 Å². The molecule has 7 heteroatoms. The fraction of sp³-hybridized carbons (Fsp3) is 0.462. The number of nitrogens with two attached hydrogens (primary N) is 1. The lowest BCUT2D eigenvalue weighted by Gasteiger charge is -2.36. The van der Waals surface area contributed by atoms with E-state index in [1.165, 1.54) is 12.1 Å². The summed E-state index contributed by atoms with van der Waals surface area (Å²) in [4.78, 5) is 4.23. The first kappa shape index (κ1) is 14.5. The number of anilines is 1. The third-order valence-corrected chi connectivity index (χ3v) is 3.47. The van der Waals surface area contributed by atoms with Gasteiger partial charge in [0.15, 0.2) is 5.84 Å². The summed E-state index contributed by atoms with van der Waals surface area (Å²) >= 11 is 0. The van der Waals surface area contributed by atoms with Gasteiger partial charge in [0.1, 0.15) is 5.82 Å². The van der Waals surface area contributed by atoms with E-state index < -0.39 is 5.82 Å². The van der Waals surface area contributed by atoms with Crippen molar-refractivity contribution >= 4 is 11.5 Å². The molecule has 1 aromatic rings. The maximum Gasteiger partial charge on any atom is 0.172 e. The Morgan fingerprint density at radius 3 is 2.60 bits per heavy atom. The van der Waals surface area contributed by atoms with E-state index in [1.807, 2.05) is 0 Å². The number of halogens is 1. The van der Waals surface area contributed by atoms with E-state index in [0.29, 0.717) is 12.1 Å². The quantitative estimate of drug-likeness (QED) is 0.314. The zero-order chi connectivity index (χ0) is 14.5. The van der Waals surface area contributed by atoms with Crippen molar-refractivity contribution in [2.24, 2.45) is 10.9 Å². The Bertz CT molecular complexity index is 487. The van der Waals surface area contributed by atoms with Crippen LogP contribution < -0.4 is 10.6 Å². The maximum absolute atomic E-state index is 13.3. The van der Waals surface area contributed by atoms with E-state index in [2.05, 4.69) is 15.0 Å². The molecule has 110 valence electrons. The highest BCUT2D eigenvalue weighted by molar-refractivity contribution is 6.02. The van der Waals surface area contributed by atoms with Crippen LogP contribution in [0.25, 0.3) is 0 Å². The topological polar surface area (TPSA) is 85.3 Å². The summed E-state index contributed by atoms with van der Waals surface area (Å²) in [5.41, 5.74) is 6.76. The van der Waals surface area contributed by atoms with Gasteiger partial charge in [-0.25, -0.2) is 4.39 Å². The number of oxime groups is 1. The summed E-state index contributed by atoms with van der Waals surface area (Å²) in [7, 11) is 0. The Hall–Kier alpha value is -1.86. The van der Waals surface area contributed by atoms with Crippen LogP contribution in [0.15, 0.2) is 23.4 Å². The van der Waals surface area contributed by atoms with E-state index in [0.717, 1.165) is 31.9 Å². The van der Waals surface area contributed by atoms with E-state index in [-0.39, 0.29) is 12.4 Å². The first-order valence-corrected chi connectivity index (χ1v) is 6.51. The van der Waals surface area contributed by atoms with Crippen molar-refractivity contribution in [2.45, 2.75) is 0 Å². The number of benzene rings is 1. The molecule has 0 radical (unpaired) electrons. The smallest absolute Gasteiger partial charge is 0.172 e. The molecule has 1 heterocycles. The minimum atomic E-state index is -0.422. The number of aliphatic hydroxyl groups excluding tert-OH is 1. The van der Waals surface area contributed by atoms with E-state index in [9.17, 15) is 4.39 Å². The monoisotopic (exact) mass is 282 g/mol. The van der Waals surface area contributed by atoms with Gasteiger partial charge in [-0.2, -0.15) is 0 Å². The second-order valence-electron chi connectivity index (χ2n) is 4.70. The second-order valence-corrected chi connectivity index (χ2v) is 4.70. The Kier molecular flexibility index (Phi) is 4.75. The fourth-order valence-corrected chi connectivity index (χ4v) is 2.40. The van der Waals surface area contributed by atoms with E-state index in [1.54, 1.807) is 6.07 Å². The molecule has 0 unspecified atom stereocenters. The number of hydrogen-bond donors (Lipinski definition) is 3. The van der Waals surface area contributed by atoms with Crippen molar-refractivity contribution in [1.82, 2.24) is 4.90 Å². The highest BCUT2D eigenvalue weighted by atomic mass is 19.1. The lowest BCUT2D eigenvalue weighted by atomic mass is 10.1. The van der Waals surface area contributed by atoms with Crippen molar-refractivity contribution in [1.29, 1.82) is 0 Å². The zero-order valence-corrected chi connectivity index (χ0v) is 11.2. The molecule has 0 aromatic heterocycles. The lowest BCUT2D eigenvalue weighted by molar-refractivity contribution is 0.189. The SMILES string of the molecule is NC(=NO)c1cc(F)ccc1N1CCN(CCO)CC1. The Morgan fingerprint density at radius 1 is 1.30 bits per heavy atom. The van der Waals surface area contributed by atoms with Crippen LogP contribution in [0.5, 0.6) is 0 Å². The third kappa shape index (κ3) is 3.17. The molecular formula is C13H19FN4O2. The molecular weight excluding hydrogens is 263 g/mol. The summed E-state index contributed by atoms with van der Waals surface area (Å²) in [6.07, 6.45) is 0. The predicted octanol–water partition coefficient (Wildman–Crippen LogP) is 0.0345. The van der Waals surface area contributed by atoms with Gasteiger partial charge < -0.3 is 20.9 Å². The van der Waals surface area contributed by atoms with Crippen LogP contribution in [0.3, 0.4) is 0 Å².